The quantitative estimate of drug-likeness (QED) is 0.0262. The Morgan fingerprint density at radius 2 is 0.600 bits per heavy atom. The Labute approximate surface area is 400 Å². The number of carbonyl (C=O) groups is 3. The summed E-state index contributed by atoms with van der Waals surface area (Å²) in [7, 11) is 0. The van der Waals surface area contributed by atoms with Crippen LogP contribution in [0.2, 0.25) is 0 Å². The van der Waals surface area contributed by atoms with Crippen molar-refractivity contribution >= 4 is 17.9 Å². The molecular weight excluding hydrogens is 805 g/mol. The van der Waals surface area contributed by atoms with Crippen molar-refractivity contribution in [2.24, 2.45) is 0 Å². The molecule has 0 N–H and O–H groups in total. The fraction of sp³-hybridized carbons (Fsp3) is 0.644. The average molecular weight is 901 g/mol. The second kappa shape index (κ2) is 52.7. The van der Waals surface area contributed by atoms with Crippen molar-refractivity contribution in [1.29, 1.82) is 0 Å². The zero-order valence-corrected chi connectivity index (χ0v) is 42.0. The molecule has 0 aromatic carbocycles. The van der Waals surface area contributed by atoms with Crippen LogP contribution in [-0.4, -0.2) is 37.2 Å². The molecule has 368 valence electrons. The lowest BCUT2D eigenvalue weighted by molar-refractivity contribution is -0.167. The smallest absolute Gasteiger partial charge is 0.306 e. The molecular formula is C59H96O6. The van der Waals surface area contributed by atoms with Gasteiger partial charge in [-0.05, 0) is 122 Å². The highest BCUT2D eigenvalue weighted by molar-refractivity contribution is 5.71. The van der Waals surface area contributed by atoms with E-state index in [1.54, 1.807) is 0 Å². The summed E-state index contributed by atoms with van der Waals surface area (Å²) in [6.45, 7) is 6.34. The summed E-state index contributed by atoms with van der Waals surface area (Å²) >= 11 is 0. The van der Waals surface area contributed by atoms with Gasteiger partial charge in [-0.1, -0.05) is 194 Å². The van der Waals surface area contributed by atoms with Crippen molar-refractivity contribution in [3.63, 3.8) is 0 Å². The number of hydrogen-bond acceptors (Lipinski definition) is 6. The van der Waals surface area contributed by atoms with Gasteiger partial charge in [0.15, 0.2) is 6.10 Å². The SMILES string of the molecule is CC/C=C\C/C=C\C/C=C\C/C=C\C/C=C\CCCCCC(=O)O[C@H](COC(=O)CCCCCCC/C=C\C/C=C\C/C=C\CC)COC(=O)CCCCCCC/C=C\CCCCCC. The minimum atomic E-state index is -0.808. The minimum absolute atomic E-state index is 0.103. The van der Waals surface area contributed by atoms with Gasteiger partial charge in [-0.25, -0.2) is 0 Å². The van der Waals surface area contributed by atoms with Crippen molar-refractivity contribution in [2.45, 2.75) is 232 Å². The summed E-state index contributed by atoms with van der Waals surface area (Å²) in [6.07, 6.45) is 70.7. The van der Waals surface area contributed by atoms with Gasteiger partial charge in [-0.2, -0.15) is 0 Å². The van der Waals surface area contributed by atoms with Gasteiger partial charge in [0.05, 0.1) is 0 Å². The lowest BCUT2D eigenvalue weighted by atomic mass is 10.1. The first-order valence-electron chi connectivity index (χ1n) is 26.4. The van der Waals surface area contributed by atoms with Crippen molar-refractivity contribution in [3.8, 4) is 0 Å². The third-order valence-corrected chi connectivity index (χ3v) is 10.7. The average Bonchev–Trinajstić information content (AvgIpc) is 3.30. The summed E-state index contributed by atoms with van der Waals surface area (Å²) < 4.78 is 16.8. The molecule has 0 rings (SSSR count). The molecule has 0 aliphatic heterocycles. The summed E-state index contributed by atoms with van der Waals surface area (Å²) in [5.41, 5.74) is 0. The fourth-order valence-electron chi connectivity index (χ4n) is 6.83. The zero-order valence-electron chi connectivity index (χ0n) is 42.0. The fourth-order valence-corrected chi connectivity index (χ4v) is 6.83. The molecule has 0 unspecified atom stereocenters. The van der Waals surface area contributed by atoms with E-state index in [1.807, 2.05) is 0 Å². The topological polar surface area (TPSA) is 78.9 Å². The van der Waals surface area contributed by atoms with Crippen LogP contribution in [-0.2, 0) is 28.6 Å². The van der Waals surface area contributed by atoms with Gasteiger partial charge in [0.2, 0.25) is 0 Å². The molecule has 0 saturated heterocycles. The predicted octanol–water partition coefficient (Wildman–Crippen LogP) is 17.5. The van der Waals surface area contributed by atoms with E-state index in [4.69, 9.17) is 14.2 Å². The molecule has 0 heterocycles. The molecule has 1 atom stereocenters. The Morgan fingerprint density at radius 3 is 0.969 bits per heavy atom. The maximum Gasteiger partial charge on any atom is 0.306 e. The number of unbranched alkanes of at least 4 members (excludes halogenated alkanes) is 17. The van der Waals surface area contributed by atoms with Crippen LogP contribution in [0, 0.1) is 0 Å². The van der Waals surface area contributed by atoms with Gasteiger partial charge >= 0.3 is 17.9 Å². The number of rotatable bonds is 46. The Hall–Kier alpha value is -3.93. The molecule has 0 fully saturated rings. The molecule has 65 heavy (non-hydrogen) atoms. The van der Waals surface area contributed by atoms with E-state index >= 15 is 0 Å². The van der Waals surface area contributed by atoms with E-state index < -0.39 is 6.10 Å². The molecule has 6 heteroatoms. The van der Waals surface area contributed by atoms with Gasteiger partial charge in [-0.15, -0.1) is 0 Å². The van der Waals surface area contributed by atoms with E-state index in [9.17, 15) is 14.4 Å². The van der Waals surface area contributed by atoms with E-state index in [1.165, 1.54) is 38.5 Å². The van der Waals surface area contributed by atoms with Crippen molar-refractivity contribution in [2.75, 3.05) is 13.2 Å². The summed E-state index contributed by atoms with van der Waals surface area (Å²) in [6, 6.07) is 0. The molecule has 0 aromatic rings. The number of ether oxygens (including phenoxy) is 3. The normalized spacial score (nSPS) is 13.0. The Bertz CT molecular complexity index is 1360. The zero-order chi connectivity index (χ0) is 47.2. The van der Waals surface area contributed by atoms with E-state index in [-0.39, 0.29) is 37.5 Å². The van der Waals surface area contributed by atoms with E-state index in [0.717, 1.165) is 148 Å². The lowest BCUT2D eigenvalue weighted by Crippen LogP contribution is -2.30. The Morgan fingerprint density at radius 1 is 0.323 bits per heavy atom. The molecule has 0 radical (unpaired) electrons. The first-order valence-corrected chi connectivity index (χ1v) is 26.4. The van der Waals surface area contributed by atoms with Crippen molar-refractivity contribution in [1.82, 2.24) is 0 Å². The second-order valence-corrected chi connectivity index (χ2v) is 17.0. The van der Waals surface area contributed by atoms with Crippen molar-refractivity contribution in [3.05, 3.63) is 109 Å². The molecule has 0 aliphatic rings. The molecule has 6 nitrogen and oxygen atoms in total. The van der Waals surface area contributed by atoms with Gasteiger partial charge in [0.25, 0.3) is 0 Å². The largest absolute Gasteiger partial charge is 0.462 e. The molecule has 0 bridgehead atoms. The van der Waals surface area contributed by atoms with Crippen LogP contribution in [0.15, 0.2) is 109 Å². The molecule has 0 aromatic heterocycles. The molecule has 0 saturated carbocycles. The standard InChI is InChI=1S/C59H96O6/c1-4-7-10-13-16-19-22-25-27-28-29-30-32-35-38-41-44-47-50-53-59(62)65-56(54-63-57(60)51-48-45-42-39-36-33-24-21-18-15-12-9-6-3)55-64-58(61)52-49-46-43-40-37-34-31-26-23-20-17-14-11-8-5-2/h7-8,10-11,16-17,19-21,24-27,29-31,35,38,56H,4-6,9,12-15,18,22-23,28,32-34,36-37,39-55H2,1-3H3/b10-7-,11-8-,19-16-,20-17-,24-21-,27-25-,30-29-,31-26-,38-35-/t56-/m0/s1. The first kappa shape index (κ1) is 61.1. The van der Waals surface area contributed by atoms with Crippen LogP contribution in [0.1, 0.15) is 226 Å². The van der Waals surface area contributed by atoms with Gasteiger partial charge in [-0.3, -0.25) is 14.4 Å². The highest BCUT2D eigenvalue weighted by atomic mass is 16.6. The number of esters is 3. The van der Waals surface area contributed by atoms with Crippen LogP contribution in [0.25, 0.3) is 0 Å². The Kier molecular flexibility index (Phi) is 49.5. The maximum atomic E-state index is 12.8. The van der Waals surface area contributed by atoms with E-state index in [2.05, 4.69) is 130 Å². The van der Waals surface area contributed by atoms with Crippen LogP contribution >= 0.6 is 0 Å². The second-order valence-electron chi connectivity index (χ2n) is 17.0. The number of hydrogen-bond donors (Lipinski definition) is 0. The first-order chi connectivity index (χ1) is 32.0. The lowest BCUT2D eigenvalue weighted by Gasteiger charge is -2.18. The molecule has 0 spiro atoms. The van der Waals surface area contributed by atoms with E-state index in [0.29, 0.717) is 12.8 Å². The molecule has 0 aliphatic carbocycles. The van der Waals surface area contributed by atoms with Crippen LogP contribution in [0.4, 0.5) is 0 Å². The number of allylic oxidation sites excluding steroid dienone is 18. The van der Waals surface area contributed by atoms with Gasteiger partial charge in [0, 0.05) is 19.3 Å². The summed E-state index contributed by atoms with van der Waals surface area (Å²) in [5, 5.41) is 0. The highest BCUT2D eigenvalue weighted by Crippen LogP contribution is 2.13. The van der Waals surface area contributed by atoms with Crippen LogP contribution in [0.5, 0.6) is 0 Å². The van der Waals surface area contributed by atoms with Crippen LogP contribution in [0.3, 0.4) is 0 Å². The minimum Gasteiger partial charge on any atom is -0.462 e. The van der Waals surface area contributed by atoms with Crippen LogP contribution < -0.4 is 0 Å². The number of carbonyl (C=O) groups excluding carboxylic acids is 3. The maximum absolute atomic E-state index is 12.8. The summed E-state index contributed by atoms with van der Waals surface area (Å²) in [5.74, 6) is -0.966. The Balaban J connectivity index is 4.51. The third kappa shape index (κ3) is 50.9. The highest BCUT2D eigenvalue weighted by Gasteiger charge is 2.19. The third-order valence-electron chi connectivity index (χ3n) is 10.7. The monoisotopic (exact) mass is 901 g/mol. The summed E-state index contributed by atoms with van der Waals surface area (Å²) in [4.78, 5) is 38.0. The van der Waals surface area contributed by atoms with Gasteiger partial charge < -0.3 is 14.2 Å². The van der Waals surface area contributed by atoms with Crippen molar-refractivity contribution < 1.29 is 28.6 Å². The van der Waals surface area contributed by atoms with Gasteiger partial charge in [0.1, 0.15) is 13.2 Å². The molecule has 0 amide bonds. The predicted molar refractivity (Wildman–Crippen MR) is 279 cm³/mol.